The molecule has 0 aromatic heterocycles. The summed E-state index contributed by atoms with van der Waals surface area (Å²) in [6, 6.07) is 10.2. The number of benzene rings is 1. The summed E-state index contributed by atoms with van der Waals surface area (Å²) in [5, 5.41) is 3.51. The van der Waals surface area contributed by atoms with Crippen LogP contribution < -0.4 is 5.32 Å². The Kier molecular flexibility index (Phi) is 4.19. The van der Waals surface area contributed by atoms with Crippen LogP contribution >= 0.6 is 0 Å². The van der Waals surface area contributed by atoms with E-state index in [-0.39, 0.29) is 23.5 Å². The van der Waals surface area contributed by atoms with Gasteiger partial charge in [0.15, 0.2) is 0 Å². The third kappa shape index (κ3) is 3.21. The molecule has 1 aliphatic heterocycles. The van der Waals surface area contributed by atoms with Crippen molar-refractivity contribution < 1.29 is 4.79 Å². The maximum absolute atomic E-state index is 12.7. The zero-order valence-corrected chi connectivity index (χ0v) is 13.2. The molecular weight excluding hydrogens is 248 g/mol. The van der Waals surface area contributed by atoms with Crippen molar-refractivity contribution in [3.63, 3.8) is 0 Å². The lowest BCUT2D eigenvalue weighted by Gasteiger charge is -2.31. The highest BCUT2D eigenvalue weighted by atomic mass is 16.2. The van der Waals surface area contributed by atoms with Crippen molar-refractivity contribution in [3.05, 3.63) is 35.9 Å². The molecule has 1 N–H and O–H groups in total. The molecule has 1 amide bonds. The molecular formula is C17H26N2O. The molecule has 0 bridgehead atoms. The zero-order valence-electron chi connectivity index (χ0n) is 13.2. The largest absolute Gasteiger partial charge is 0.321 e. The van der Waals surface area contributed by atoms with Crippen molar-refractivity contribution in [2.75, 3.05) is 6.54 Å². The average Bonchev–Trinajstić information content (AvgIpc) is 2.67. The summed E-state index contributed by atoms with van der Waals surface area (Å²) < 4.78 is 0. The van der Waals surface area contributed by atoms with Crippen molar-refractivity contribution in [3.8, 4) is 0 Å². The van der Waals surface area contributed by atoms with Crippen LogP contribution in [0.1, 0.15) is 46.3 Å². The van der Waals surface area contributed by atoms with E-state index in [0.29, 0.717) is 5.92 Å². The summed E-state index contributed by atoms with van der Waals surface area (Å²) in [6.07, 6.45) is -0.00433. The predicted octanol–water partition coefficient (Wildman–Crippen LogP) is 3.19. The Morgan fingerprint density at radius 2 is 1.80 bits per heavy atom. The van der Waals surface area contributed by atoms with E-state index in [1.54, 1.807) is 0 Å². The summed E-state index contributed by atoms with van der Waals surface area (Å²) >= 11 is 0. The summed E-state index contributed by atoms with van der Waals surface area (Å²) in [4.78, 5) is 14.7. The number of rotatable bonds is 3. The summed E-state index contributed by atoms with van der Waals surface area (Å²) in [6.45, 7) is 11.5. The topological polar surface area (TPSA) is 32.3 Å². The minimum atomic E-state index is -0.0810. The maximum Gasteiger partial charge on any atom is 0.241 e. The maximum atomic E-state index is 12.7. The first-order valence-electron chi connectivity index (χ1n) is 7.41. The third-order valence-corrected chi connectivity index (χ3v) is 3.62. The van der Waals surface area contributed by atoms with E-state index in [9.17, 15) is 4.79 Å². The van der Waals surface area contributed by atoms with E-state index >= 15 is 0 Å². The molecule has 2 rings (SSSR count). The van der Waals surface area contributed by atoms with Gasteiger partial charge in [0.05, 0.1) is 6.04 Å². The number of hydrogen-bond donors (Lipinski definition) is 1. The first-order valence-corrected chi connectivity index (χ1v) is 7.41. The van der Waals surface area contributed by atoms with Crippen LogP contribution in [-0.2, 0) is 4.79 Å². The Morgan fingerprint density at radius 3 is 2.30 bits per heavy atom. The van der Waals surface area contributed by atoms with E-state index in [4.69, 9.17) is 0 Å². The zero-order chi connectivity index (χ0) is 14.9. The lowest BCUT2D eigenvalue weighted by atomic mass is 9.95. The number of nitrogens with one attached hydrogen (secondary N) is 1. The fourth-order valence-corrected chi connectivity index (χ4v) is 2.71. The molecule has 0 radical (unpaired) electrons. The molecule has 0 spiro atoms. The standard InChI is InChI=1S/C17H26N2O/c1-12(2)14-16(20)19(11-17(3,4)5)15(18-14)13-9-7-6-8-10-13/h6-10,12,14-15,18H,11H2,1-5H3. The van der Waals surface area contributed by atoms with Crippen LogP contribution in [0.25, 0.3) is 0 Å². The second-order valence-corrected chi connectivity index (χ2v) is 7.23. The fourth-order valence-electron chi connectivity index (χ4n) is 2.71. The van der Waals surface area contributed by atoms with Crippen LogP contribution in [0.15, 0.2) is 30.3 Å². The highest BCUT2D eigenvalue weighted by molar-refractivity contribution is 5.84. The molecule has 2 unspecified atom stereocenters. The van der Waals surface area contributed by atoms with Crippen LogP contribution in [0.5, 0.6) is 0 Å². The van der Waals surface area contributed by atoms with E-state index in [2.05, 4.69) is 52.1 Å². The molecule has 2 atom stereocenters. The van der Waals surface area contributed by atoms with Gasteiger partial charge in [0.2, 0.25) is 5.91 Å². The van der Waals surface area contributed by atoms with Crippen molar-refractivity contribution in [1.82, 2.24) is 10.2 Å². The first kappa shape index (κ1) is 15.0. The van der Waals surface area contributed by atoms with Crippen LogP contribution in [-0.4, -0.2) is 23.4 Å². The molecule has 3 nitrogen and oxygen atoms in total. The van der Waals surface area contributed by atoms with Crippen LogP contribution in [0.4, 0.5) is 0 Å². The molecule has 110 valence electrons. The van der Waals surface area contributed by atoms with Crippen molar-refractivity contribution in [1.29, 1.82) is 0 Å². The van der Waals surface area contributed by atoms with Crippen LogP contribution in [0.2, 0.25) is 0 Å². The first-order chi connectivity index (χ1) is 9.29. The number of amides is 1. The van der Waals surface area contributed by atoms with Gasteiger partial charge >= 0.3 is 0 Å². The molecule has 20 heavy (non-hydrogen) atoms. The quantitative estimate of drug-likeness (QED) is 0.918. The minimum Gasteiger partial charge on any atom is -0.321 e. The van der Waals surface area contributed by atoms with Crippen LogP contribution in [0.3, 0.4) is 0 Å². The van der Waals surface area contributed by atoms with Gasteiger partial charge in [-0.05, 0) is 16.9 Å². The Hall–Kier alpha value is -1.35. The van der Waals surface area contributed by atoms with Gasteiger partial charge in [0.1, 0.15) is 6.17 Å². The molecule has 0 saturated carbocycles. The Labute approximate surface area is 122 Å². The number of carbonyl (C=O) groups is 1. The van der Waals surface area contributed by atoms with Gasteiger partial charge in [-0.15, -0.1) is 0 Å². The highest BCUT2D eigenvalue weighted by Gasteiger charge is 2.42. The van der Waals surface area contributed by atoms with Gasteiger partial charge in [-0.2, -0.15) is 0 Å². The molecule has 3 heteroatoms. The van der Waals surface area contributed by atoms with Crippen molar-refractivity contribution in [2.24, 2.45) is 11.3 Å². The summed E-state index contributed by atoms with van der Waals surface area (Å²) in [5.74, 6) is 0.530. The minimum absolute atomic E-state index is 0.00433. The molecule has 1 aromatic rings. The van der Waals surface area contributed by atoms with Crippen molar-refractivity contribution in [2.45, 2.75) is 46.8 Å². The van der Waals surface area contributed by atoms with Crippen molar-refractivity contribution >= 4 is 5.91 Å². The van der Waals surface area contributed by atoms with Gasteiger partial charge in [-0.1, -0.05) is 65.0 Å². The Morgan fingerprint density at radius 1 is 1.20 bits per heavy atom. The molecule has 1 fully saturated rings. The second kappa shape index (κ2) is 5.57. The predicted molar refractivity (Wildman–Crippen MR) is 82.1 cm³/mol. The van der Waals surface area contributed by atoms with Crippen LogP contribution in [0, 0.1) is 11.3 Å². The third-order valence-electron chi connectivity index (χ3n) is 3.62. The highest BCUT2D eigenvalue weighted by Crippen LogP contribution is 2.31. The van der Waals surface area contributed by atoms with Gasteiger partial charge in [-0.25, -0.2) is 0 Å². The molecule has 1 heterocycles. The van der Waals surface area contributed by atoms with Gasteiger partial charge in [-0.3, -0.25) is 10.1 Å². The van der Waals surface area contributed by atoms with E-state index < -0.39 is 0 Å². The lowest BCUT2D eigenvalue weighted by Crippen LogP contribution is -2.38. The van der Waals surface area contributed by atoms with Gasteiger partial charge in [0, 0.05) is 6.54 Å². The SMILES string of the molecule is CC(C)C1NC(c2ccccc2)N(CC(C)(C)C)C1=O. The molecule has 1 aliphatic rings. The second-order valence-electron chi connectivity index (χ2n) is 7.23. The fraction of sp³-hybridized carbons (Fsp3) is 0.588. The smallest absolute Gasteiger partial charge is 0.241 e. The van der Waals surface area contributed by atoms with E-state index in [1.807, 2.05) is 23.1 Å². The summed E-state index contributed by atoms with van der Waals surface area (Å²) in [5.41, 5.74) is 1.25. The number of nitrogens with zero attached hydrogens (tertiary/aromatic N) is 1. The molecule has 1 saturated heterocycles. The Balaban J connectivity index is 2.30. The number of hydrogen-bond acceptors (Lipinski definition) is 2. The average molecular weight is 274 g/mol. The number of carbonyl (C=O) groups excluding carboxylic acids is 1. The lowest BCUT2D eigenvalue weighted by molar-refractivity contribution is -0.132. The van der Waals surface area contributed by atoms with E-state index in [1.165, 1.54) is 0 Å². The molecule has 1 aromatic carbocycles. The molecule has 0 aliphatic carbocycles. The monoisotopic (exact) mass is 274 g/mol. The van der Waals surface area contributed by atoms with E-state index in [0.717, 1.165) is 12.1 Å². The Bertz CT molecular complexity index is 462. The van der Waals surface area contributed by atoms with Gasteiger partial charge in [0.25, 0.3) is 0 Å². The summed E-state index contributed by atoms with van der Waals surface area (Å²) in [7, 11) is 0. The normalized spacial score (nSPS) is 23.7. The van der Waals surface area contributed by atoms with Gasteiger partial charge < -0.3 is 4.90 Å².